The van der Waals surface area contributed by atoms with Crippen LogP contribution in [-0.4, -0.2) is 11.1 Å². The van der Waals surface area contributed by atoms with Crippen LogP contribution in [0.2, 0.25) is 0 Å². The lowest BCUT2D eigenvalue weighted by Gasteiger charge is -2.05. The molecule has 0 amide bonds. The van der Waals surface area contributed by atoms with Crippen LogP contribution in [0.1, 0.15) is 21.7 Å². The Balaban J connectivity index is 2.49. The van der Waals surface area contributed by atoms with E-state index >= 15 is 0 Å². The first-order chi connectivity index (χ1) is 7.99. The Morgan fingerprint density at radius 2 is 1.82 bits per heavy atom. The Bertz CT molecular complexity index is 561. The maximum absolute atomic E-state index is 10.7. The molecule has 0 bridgehead atoms. The van der Waals surface area contributed by atoms with Crippen molar-refractivity contribution in [3.63, 3.8) is 0 Å². The van der Waals surface area contributed by atoms with E-state index in [4.69, 9.17) is 9.52 Å². The molecule has 0 saturated carbocycles. The van der Waals surface area contributed by atoms with E-state index in [0.717, 1.165) is 16.7 Å². The lowest BCUT2D eigenvalue weighted by atomic mass is 10.1. The highest BCUT2D eigenvalue weighted by atomic mass is 127. The second-order valence-electron chi connectivity index (χ2n) is 3.89. The van der Waals surface area contributed by atoms with Crippen molar-refractivity contribution in [2.75, 3.05) is 0 Å². The van der Waals surface area contributed by atoms with Crippen LogP contribution < -0.4 is 0 Å². The zero-order valence-electron chi connectivity index (χ0n) is 9.45. The lowest BCUT2D eigenvalue weighted by molar-refractivity contribution is 0.0663. The van der Waals surface area contributed by atoms with Gasteiger partial charge in [-0.1, -0.05) is 0 Å². The minimum absolute atomic E-state index is 0.0335. The maximum Gasteiger partial charge on any atom is 0.371 e. The van der Waals surface area contributed by atoms with E-state index in [1.165, 1.54) is 9.64 Å². The maximum atomic E-state index is 10.7. The number of aryl methyl sites for hydroxylation is 2. The van der Waals surface area contributed by atoms with Crippen molar-refractivity contribution >= 4 is 28.6 Å². The largest absolute Gasteiger partial charge is 0.475 e. The number of benzene rings is 1. The molecule has 0 aliphatic rings. The fourth-order valence-corrected chi connectivity index (χ4v) is 2.01. The van der Waals surface area contributed by atoms with Gasteiger partial charge in [0.05, 0.1) is 0 Å². The molecule has 0 saturated heterocycles. The molecule has 0 aliphatic carbocycles. The van der Waals surface area contributed by atoms with Crippen LogP contribution in [0.15, 0.2) is 28.7 Å². The topological polar surface area (TPSA) is 50.4 Å². The Morgan fingerprint density at radius 1 is 1.24 bits per heavy atom. The summed E-state index contributed by atoms with van der Waals surface area (Å²) in [4.78, 5) is 10.7. The van der Waals surface area contributed by atoms with Crippen molar-refractivity contribution in [2.45, 2.75) is 13.8 Å². The van der Waals surface area contributed by atoms with E-state index < -0.39 is 5.97 Å². The van der Waals surface area contributed by atoms with Crippen molar-refractivity contribution in [1.29, 1.82) is 0 Å². The second kappa shape index (κ2) is 4.52. The van der Waals surface area contributed by atoms with E-state index in [1.807, 2.05) is 26.0 Å². The predicted octanol–water partition coefficient (Wildman–Crippen LogP) is 3.87. The summed E-state index contributed by atoms with van der Waals surface area (Å²) in [5, 5.41) is 8.80. The highest BCUT2D eigenvalue weighted by Crippen LogP contribution is 2.27. The van der Waals surface area contributed by atoms with Crippen LogP contribution in [-0.2, 0) is 0 Å². The van der Waals surface area contributed by atoms with Gasteiger partial charge in [-0.3, -0.25) is 0 Å². The SMILES string of the molecule is Cc1cc(-c2ccc(C(=O)O)o2)cc(C)c1I. The van der Waals surface area contributed by atoms with E-state index in [0.29, 0.717) is 5.76 Å². The molecule has 0 unspecified atom stereocenters. The Kier molecular flexibility index (Phi) is 3.24. The standard InChI is InChI=1S/C13H11IO3/c1-7-5-9(6-8(2)12(7)14)10-3-4-11(17-10)13(15)16/h3-6H,1-2H3,(H,15,16). The quantitative estimate of drug-likeness (QED) is 0.843. The molecule has 88 valence electrons. The fourth-order valence-electron chi connectivity index (χ4n) is 1.70. The fraction of sp³-hybridized carbons (Fsp3) is 0.154. The van der Waals surface area contributed by atoms with Gasteiger partial charge >= 0.3 is 5.97 Å². The average Bonchev–Trinajstić information content (AvgIpc) is 2.74. The van der Waals surface area contributed by atoms with Crippen LogP contribution in [0.5, 0.6) is 0 Å². The first kappa shape index (κ1) is 12.2. The molecular formula is C13H11IO3. The molecule has 4 heteroatoms. The van der Waals surface area contributed by atoms with Crippen LogP contribution in [0, 0.1) is 17.4 Å². The van der Waals surface area contributed by atoms with Crippen molar-refractivity contribution < 1.29 is 14.3 Å². The Morgan fingerprint density at radius 3 is 2.29 bits per heavy atom. The summed E-state index contributed by atoms with van der Waals surface area (Å²) in [5.74, 6) is -0.492. The zero-order valence-corrected chi connectivity index (χ0v) is 11.6. The van der Waals surface area contributed by atoms with Gasteiger partial charge < -0.3 is 9.52 Å². The van der Waals surface area contributed by atoms with Crippen molar-refractivity contribution in [2.24, 2.45) is 0 Å². The summed E-state index contributed by atoms with van der Waals surface area (Å²) in [5.41, 5.74) is 3.23. The predicted molar refractivity (Wildman–Crippen MR) is 73.3 cm³/mol. The molecule has 2 rings (SSSR count). The van der Waals surface area contributed by atoms with Crippen LogP contribution in [0.4, 0.5) is 0 Å². The number of aromatic carboxylic acids is 1. The highest BCUT2D eigenvalue weighted by Gasteiger charge is 2.11. The third-order valence-electron chi connectivity index (χ3n) is 2.54. The van der Waals surface area contributed by atoms with Crippen LogP contribution >= 0.6 is 22.6 Å². The summed E-state index contributed by atoms with van der Waals surface area (Å²) in [6, 6.07) is 7.16. The first-order valence-corrected chi connectivity index (χ1v) is 6.17. The summed E-state index contributed by atoms with van der Waals surface area (Å²) in [7, 11) is 0. The number of carboxylic acid groups (broad SMARTS) is 1. The number of carbonyl (C=O) groups is 1. The minimum Gasteiger partial charge on any atom is -0.475 e. The molecule has 1 N–H and O–H groups in total. The molecule has 0 aliphatic heterocycles. The van der Waals surface area contributed by atoms with Gasteiger partial charge in [0.25, 0.3) is 0 Å². The Labute approximate surface area is 113 Å². The van der Waals surface area contributed by atoms with Crippen LogP contribution in [0.3, 0.4) is 0 Å². The number of carboxylic acids is 1. The normalized spacial score (nSPS) is 10.5. The van der Waals surface area contributed by atoms with Gasteiger partial charge in [0.2, 0.25) is 5.76 Å². The number of furan rings is 1. The molecule has 0 fully saturated rings. The van der Waals surface area contributed by atoms with E-state index in [1.54, 1.807) is 6.07 Å². The summed E-state index contributed by atoms with van der Waals surface area (Å²) < 4.78 is 6.50. The van der Waals surface area contributed by atoms with Gasteiger partial charge in [0.1, 0.15) is 5.76 Å². The third-order valence-corrected chi connectivity index (χ3v) is 4.24. The summed E-state index contributed by atoms with van der Waals surface area (Å²) in [6.45, 7) is 4.05. The Hall–Kier alpha value is -1.30. The molecule has 1 heterocycles. The number of hydrogen-bond acceptors (Lipinski definition) is 2. The number of rotatable bonds is 2. The highest BCUT2D eigenvalue weighted by molar-refractivity contribution is 14.1. The summed E-state index contributed by atoms with van der Waals surface area (Å²) in [6.07, 6.45) is 0. The molecular weight excluding hydrogens is 331 g/mol. The van der Waals surface area contributed by atoms with E-state index in [-0.39, 0.29) is 5.76 Å². The number of hydrogen-bond donors (Lipinski definition) is 1. The number of halogens is 1. The molecule has 17 heavy (non-hydrogen) atoms. The zero-order chi connectivity index (χ0) is 12.6. The molecule has 0 radical (unpaired) electrons. The average molecular weight is 342 g/mol. The van der Waals surface area contributed by atoms with E-state index in [9.17, 15) is 4.79 Å². The lowest BCUT2D eigenvalue weighted by Crippen LogP contribution is -1.91. The molecule has 3 nitrogen and oxygen atoms in total. The van der Waals surface area contributed by atoms with Gasteiger partial charge in [-0.25, -0.2) is 4.79 Å². The molecule has 2 aromatic rings. The monoisotopic (exact) mass is 342 g/mol. The van der Waals surface area contributed by atoms with Crippen molar-refractivity contribution in [3.8, 4) is 11.3 Å². The first-order valence-electron chi connectivity index (χ1n) is 5.09. The summed E-state index contributed by atoms with van der Waals surface area (Å²) >= 11 is 2.30. The smallest absolute Gasteiger partial charge is 0.371 e. The van der Waals surface area contributed by atoms with Gasteiger partial charge in [-0.05, 0) is 71.8 Å². The van der Waals surface area contributed by atoms with E-state index in [2.05, 4.69) is 22.6 Å². The molecule has 1 aromatic carbocycles. The van der Waals surface area contributed by atoms with Crippen molar-refractivity contribution in [1.82, 2.24) is 0 Å². The molecule has 0 spiro atoms. The van der Waals surface area contributed by atoms with Gasteiger partial charge in [-0.15, -0.1) is 0 Å². The second-order valence-corrected chi connectivity index (χ2v) is 4.97. The van der Waals surface area contributed by atoms with Gasteiger partial charge in [-0.2, -0.15) is 0 Å². The molecule has 1 aromatic heterocycles. The third kappa shape index (κ3) is 2.36. The van der Waals surface area contributed by atoms with Gasteiger partial charge in [0, 0.05) is 9.13 Å². The minimum atomic E-state index is -1.05. The van der Waals surface area contributed by atoms with Gasteiger partial charge in [0.15, 0.2) is 0 Å². The van der Waals surface area contributed by atoms with Crippen molar-refractivity contribution in [3.05, 3.63) is 44.7 Å². The molecule has 0 atom stereocenters. The van der Waals surface area contributed by atoms with Crippen LogP contribution in [0.25, 0.3) is 11.3 Å².